The molecule has 0 aliphatic carbocycles. The Labute approximate surface area is 364 Å². The lowest BCUT2D eigenvalue weighted by molar-refractivity contribution is -0.296. The summed E-state index contributed by atoms with van der Waals surface area (Å²) in [5, 5.41) is 44.0. The van der Waals surface area contributed by atoms with Crippen LogP contribution in [0.3, 0.4) is 0 Å². The molecule has 4 N–H and O–H groups in total. The van der Waals surface area contributed by atoms with Crippen molar-refractivity contribution in [3.63, 3.8) is 0 Å². The molecule has 0 saturated carbocycles. The van der Waals surface area contributed by atoms with Crippen molar-refractivity contribution in [2.45, 2.75) is 161 Å². The molecule has 61 heavy (non-hydrogen) atoms. The van der Waals surface area contributed by atoms with Gasteiger partial charge in [-0.25, -0.2) is 4.79 Å². The molecule has 2 fully saturated rings. The highest BCUT2D eigenvalue weighted by molar-refractivity contribution is 5.88. The topological polar surface area (TPSA) is 169 Å². The number of carbonyl (C=O) groups is 2. The molecule has 1 unspecified atom stereocenters. The van der Waals surface area contributed by atoms with Gasteiger partial charge >= 0.3 is 12.1 Å². The van der Waals surface area contributed by atoms with E-state index in [0.717, 1.165) is 24.8 Å². The first-order chi connectivity index (χ1) is 28.8. The van der Waals surface area contributed by atoms with E-state index in [4.69, 9.17) is 23.8 Å². The van der Waals surface area contributed by atoms with Gasteiger partial charge in [0.2, 0.25) is 0 Å². The molecule has 14 atom stereocenters. The average Bonchev–Trinajstić information content (AvgIpc) is 3.22. The number of carbonyl (C=O) groups excluding carboxylic acids is 2. The van der Waals surface area contributed by atoms with Gasteiger partial charge in [-0.15, -0.1) is 0 Å². The average molecular weight is 854 g/mol. The Morgan fingerprint density at radius 2 is 1.54 bits per heavy atom. The highest BCUT2D eigenvalue weighted by Gasteiger charge is 2.51. The Bertz CT molecular complexity index is 1670. The molecule has 2 aromatic rings. The number of nitrogens with one attached hydrogen (secondary N) is 1. The van der Waals surface area contributed by atoms with Gasteiger partial charge in [0.05, 0.1) is 41.6 Å². The highest BCUT2D eigenvalue weighted by atomic mass is 16.7. The SMILES string of the molecule is CC[C@H]1OC(=O)[C@H](C)[C@@H](C)[C@H](C)[C@@H](O[C@@H]2O[C@H](C)C[C@H](N(C)C)[C@H]2OC(=O)NCc2ccccc2)C(C)(O)C[C@@H](C)/C(=N\OCCCCc2ccccc2)[C@H](C)[C@@H](O)[C@]1(C)O. The summed E-state index contributed by atoms with van der Waals surface area (Å²) in [7, 11) is 3.83. The van der Waals surface area contributed by atoms with E-state index < -0.39 is 83.6 Å². The minimum absolute atomic E-state index is 0.0998. The molecule has 13 heteroatoms. The van der Waals surface area contributed by atoms with Crippen LogP contribution in [0.1, 0.15) is 106 Å². The summed E-state index contributed by atoms with van der Waals surface area (Å²) in [5.74, 6) is -3.41. The fraction of sp³-hybridized carbons (Fsp3) is 0.688. The molecule has 2 saturated heterocycles. The van der Waals surface area contributed by atoms with E-state index in [2.05, 4.69) is 22.6 Å². The number of alkyl carbamates (subject to hydrolysis) is 1. The first-order valence-electron chi connectivity index (χ1n) is 22.3. The van der Waals surface area contributed by atoms with Crippen LogP contribution in [0.25, 0.3) is 0 Å². The lowest BCUT2D eigenvalue weighted by Crippen LogP contribution is -2.60. The lowest BCUT2D eigenvalue weighted by atomic mass is 9.72. The summed E-state index contributed by atoms with van der Waals surface area (Å²) < 4.78 is 25.6. The van der Waals surface area contributed by atoms with Crippen molar-refractivity contribution < 1.29 is 48.7 Å². The molecule has 2 aromatic carbocycles. The molecule has 0 radical (unpaired) electrons. The summed E-state index contributed by atoms with van der Waals surface area (Å²) in [6.07, 6.45) is -2.85. The number of aryl methyl sites for hydroxylation is 1. The Hall–Kier alpha value is -3.59. The van der Waals surface area contributed by atoms with Gasteiger partial charge in [0, 0.05) is 18.4 Å². The summed E-state index contributed by atoms with van der Waals surface area (Å²) in [5.41, 5.74) is -0.849. The van der Waals surface area contributed by atoms with Crippen LogP contribution < -0.4 is 5.32 Å². The molecule has 13 nitrogen and oxygen atoms in total. The summed E-state index contributed by atoms with van der Waals surface area (Å²) in [6, 6.07) is 19.5. The van der Waals surface area contributed by atoms with Crippen LogP contribution in [0.15, 0.2) is 65.8 Å². The smallest absolute Gasteiger partial charge is 0.407 e. The maximum atomic E-state index is 13.9. The van der Waals surface area contributed by atoms with Crippen LogP contribution in [-0.2, 0) is 41.5 Å². The second kappa shape index (κ2) is 22.7. The Balaban J connectivity index is 1.69. The second-order valence-electron chi connectivity index (χ2n) is 18.4. The number of hydrogen-bond donors (Lipinski definition) is 4. The number of aliphatic hydroxyl groups excluding tert-OH is 1. The first-order valence-corrected chi connectivity index (χ1v) is 22.3. The predicted octanol–water partition coefficient (Wildman–Crippen LogP) is 6.90. The fourth-order valence-corrected chi connectivity index (χ4v) is 9.07. The van der Waals surface area contributed by atoms with Crippen molar-refractivity contribution in [1.82, 2.24) is 10.2 Å². The standard InChI is InChI=1S/C48H75N3O10/c1-12-39-48(9,56)42(52)35(7)40(50-57-26-20-19-23-36-21-15-13-16-22-36)30(2)28-47(8,55)43(33(5)32(4)34(6)44(53)59-39)61-45-41(38(51(10)11)27-31(3)58-45)60-46(54)49-29-37-24-17-14-18-25-37/h13-18,21-22,24-25,30-35,38-39,41-43,45,52,55-56H,12,19-20,23,26-29H2,1-11H3,(H,49,54)/b50-40+/t30-,31-,32+,33+,34-,35+,38+,39-,41-,42-,43-,45+,47?,48-/m1/s1. The van der Waals surface area contributed by atoms with Crippen molar-refractivity contribution in [3.8, 4) is 0 Å². The number of hydrogen-bond acceptors (Lipinski definition) is 12. The molecule has 4 rings (SSSR count). The number of cyclic esters (lactones) is 1. The Morgan fingerprint density at radius 3 is 2.15 bits per heavy atom. The quantitative estimate of drug-likeness (QED) is 0.0941. The van der Waals surface area contributed by atoms with Crippen LogP contribution >= 0.6 is 0 Å². The maximum Gasteiger partial charge on any atom is 0.407 e. The number of oxime groups is 1. The van der Waals surface area contributed by atoms with Gasteiger partial charge in [-0.3, -0.25) is 4.79 Å². The van der Waals surface area contributed by atoms with Gasteiger partial charge in [-0.2, -0.15) is 0 Å². The van der Waals surface area contributed by atoms with E-state index >= 15 is 0 Å². The molecule has 0 bridgehead atoms. The van der Waals surface area contributed by atoms with E-state index in [1.807, 2.05) is 95.2 Å². The number of nitrogens with zero attached hydrogens (tertiary/aromatic N) is 2. The first kappa shape index (κ1) is 50.1. The van der Waals surface area contributed by atoms with Crippen LogP contribution in [0.5, 0.6) is 0 Å². The van der Waals surface area contributed by atoms with Crippen LogP contribution in [0.4, 0.5) is 4.79 Å². The Kier molecular flexibility index (Phi) is 18.6. The van der Waals surface area contributed by atoms with Crippen molar-refractivity contribution in [1.29, 1.82) is 0 Å². The zero-order valence-electron chi connectivity index (χ0n) is 38.5. The number of benzene rings is 2. The van der Waals surface area contributed by atoms with Crippen molar-refractivity contribution >= 4 is 17.8 Å². The van der Waals surface area contributed by atoms with Crippen LogP contribution in [0, 0.1) is 29.6 Å². The number of unbranched alkanes of at least 4 members (excludes halogenated alkanes) is 1. The largest absolute Gasteiger partial charge is 0.459 e. The molecule has 0 aromatic heterocycles. The number of amides is 1. The van der Waals surface area contributed by atoms with E-state index in [1.54, 1.807) is 27.7 Å². The van der Waals surface area contributed by atoms with Gasteiger partial charge in [-0.05, 0) is 96.4 Å². The van der Waals surface area contributed by atoms with Crippen LogP contribution in [0.2, 0.25) is 0 Å². The van der Waals surface area contributed by atoms with Crippen molar-refractivity contribution in [2.75, 3.05) is 20.7 Å². The van der Waals surface area contributed by atoms with Gasteiger partial charge in [0.1, 0.15) is 18.3 Å². The second-order valence-corrected chi connectivity index (χ2v) is 18.4. The Morgan fingerprint density at radius 1 is 0.918 bits per heavy atom. The molecule has 342 valence electrons. The third kappa shape index (κ3) is 13.5. The number of likely N-dealkylation sites (N-methyl/N-ethyl adjacent to an activating group) is 1. The zero-order chi connectivity index (χ0) is 45.1. The third-order valence-electron chi connectivity index (χ3n) is 13.1. The highest BCUT2D eigenvalue weighted by Crippen LogP contribution is 2.40. The number of aliphatic hydroxyl groups is 3. The minimum atomic E-state index is -1.84. The van der Waals surface area contributed by atoms with E-state index in [-0.39, 0.29) is 31.5 Å². The van der Waals surface area contributed by atoms with E-state index in [9.17, 15) is 24.9 Å². The van der Waals surface area contributed by atoms with Gasteiger partial charge < -0.3 is 49.3 Å². The third-order valence-corrected chi connectivity index (χ3v) is 13.1. The predicted molar refractivity (Wildman–Crippen MR) is 235 cm³/mol. The fourth-order valence-electron chi connectivity index (χ4n) is 9.07. The van der Waals surface area contributed by atoms with Gasteiger partial charge in [0.25, 0.3) is 0 Å². The van der Waals surface area contributed by atoms with E-state index in [0.29, 0.717) is 18.7 Å². The van der Waals surface area contributed by atoms with Crippen molar-refractivity contribution in [3.05, 3.63) is 71.8 Å². The number of ether oxygens (including phenoxy) is 4. The van der Waals surface area contributed by atoms with Gasteiger partial charge in [0.15, 0.2) is 12.4 Å². The molecule has 2 heterocycles. The lowest BCUT2D eigenvalue weighted by Gasteiger charge is -2.48. The molecule has 2 aliphatic rings. The van der Waals surface area contributed by atoms with E-state index in [1.165, 1.54) is 12.5 Å². The molecule has 0 spiro atoms. The molecular formula is C48H75N3O10. The van der Waals surface area contributed by atoms with Crippen molar-refractivity contribution in [2.24, 2.45) is 34.7 Å². The molecular weight excluding hydrogens is 779 g/mol. The molecule has 1 amide bonds. The summed E-state index contributed by atoms with van der Waals surface area (Å²) in [6.45, 7) is 16.8. The number of esters is 1. The monoisotopic (exact) mass is 854 g/mol. The van der Waals surface area contributed by atoms with Crippen LogP contribution in [-0.4, -0.2) is 113 Å². The summed E-state index contributed by atoms with van der Waals surface area (Å²) >= 11 is 0. The normalized spacial score (nSPS) is 36.2. The maximum absolute atomic E-state index is 13.9. The summed E-state index contributed by atoms with van der Waals surface area (Å²) in [4.78, 5) is 35.3. The van der Waals surface area contributed by atoms with Gasteiger partial charge in [-0.1, -0.05) is 107 Å². The number of rotatable bonds is 13. The minimum Gasteiger partial charge on any atom is -0.459 e. The molecule has 2 aliphatic heterocycles. The zero-order valence-corrected chi connectivity index (χ0v) is 38.5.